The first kappa shape index (κ1) is 12.5. The summed E-state index contributed by atoms with van der Waals surface area (Å²) in [6.07, 6.45) is 2.40. The highest BCUT2D eigenvalue weighted by molar-refractivity contribution is 5.76. The standard InChI is InChI=1S/C10H14N4O4/c15-8-2-1-4-12(6-8)10(16)7-13-5-3-9(11-13)14(17)18/h3,5,8,15H,1-2,4,6-7H2/t8-/m0/s1. The van der Waals surface area contributed by atoms with E-state index >= 15 is 0 Å². The second kappa shape index (κ2) is 5.13. The summed E-state index contributed by atoms with van der Waals surface area (Å²) in [6, 6.07) is 1.25. The van der Waals surface area contributed by atoms with E-state index in [4.69, 9.17) is 0 Å². The number of rotatable bonds is 3. The van der Waals surface area contributed by atoms with Crippen molar-refractivity contribution in [1.82, 2.24) is 14.7 Å². The van der Waals surface area contributed by atoms with Gasteiger partial charge < -0.3 is 20.1 Å². The predicted molar refractivity (Wildman–Crippen MR) is 60.7 cm³/mol. The minimum Gasteiger partial charge on any atom is -0.391 e. The maximum absolute atomic E-state index is 11.9. The first-order valence-corrected chi connectivity index (χ1v) is 5.70. The lowest BCUT2D eigenvalue weighted by Gasteiger charge is -2.29. The first-order chi connectivity index (χ1) is 8.56. The molecule has 1 aromatic heterocycles. The van der Waals surface area contributed by atoms with Gasteiger partial charge in [0.15, 0.2) is 0 Å². The van der Waals surface area contributed by atoms with Gasteiger partial charge in [0.2, 0.25) is 5.91 Å². The molecule has 0 saturated carbocycles. The molecule has 98 valence electrons. The number of carbonyl (C=O) groups is 1. The third-order valence-electron chi connectivity index (χ3n) is 2.86. The second-order valence-electron chi connectivity index (χ2n) is 4.26. The van der Waals surface area contributed by atoms with Gasteiger partial charge in [-0.05, 0) is 17.8 Å². The highest BCUT2D eigenvalue weighted by Gasteiger charge is 2.23. The number of nitro groups is 1. The van der Waals surface area contributed by atoms with Gasteiger partial charge in [-0.25, -0.2) is 0 Å². The Morgan fingerprint density at radius 1 is 1.67 bits per heavy atom. The van der Waals surface area contributed by atoms with Gasteiger partial charge >= 0.3 is 5.82 Å². The molecule has 2 heterocycles. The lowest BCUT2D eigenvalue weighted by atomic mass is 10.1. The number of likely N-dealkylation sites (tertiary alicyclic amines) is 1. The molecule has 18 heavy (non-hydrogen) atoms. The molecule has 0 spiro atoms. The molecule has 0 aliphatic carbocycles. The van der Waals surface area contributed by atoms with Crippen LogP contribution in [0.2, 0.25) is 0 Å². The first-order valence-electron chi connectivity index (χ1n) is 5.70. The number of hydrogen-bond acceptors (Lipinski definition) is 5. The number of β-amino-alcohol motifs (C(OH)–C–C–N with tert-alkyl or cyclic N) is 1. The Morgan fingerprint density at radius 3 is 3.06 bits per heavy atom. The van der Waals surface area contributed by atoms with Gasteiger partial charge in [-0.2, -0.15) is 4.68 Å². The lowest BCUT2D eigenvalue weighted by Crippen LogP contribution is -2.43. The van der Waals surface area contributed by atoms with Crippen molar-refractivity contribution in [1.29, 1.82) is 0 Å². The molecular weight excluding hydrogens is 240 g/mol. The van der Waals surface area contributed by atoms with E-state index in [1.165, 1.54) is 16.9 Å². The fourth-order valence-electron chi connectivity index (χ4n) is 1.96. The summed E-state index contributed by atoms with van der Waals surface area (Å²) in [5, 5.41) is 23.6. The number of amides is 1. The Kier molecular flexibility index (Phi) is 3.56. The molecule has 8 heteroatoms. The zero-order chi connectivity index (χ0) is 13.1. The molecule has 2 rings (SSSR count). The van der Waals surface area contributed by atoms with Crippen LogP contribution in [0.3, 0.4) is 0 Å². The maximum Gasteiger partial charge on any atom is 0.389 e. The fourth-order valence-corrected chi connectivity index (χ4v) is 1.96. The zero-order valence-electron chi connectivity index (χ0n) is 9.73. The van der Waals surface area contributed by atoms with Gasteiger partial charge in [-0.1, -0.05) is 0 Å². The van der Waals surface area contributed by atoms with Crippen molar-refractivity contribution in [2.75, 3.05) is 13.1 Å². The SMILES string of the molecule is O=C(Cn1ccc([N+](=O)[O-])n1)N1CCC[C@H](O)C1. The monoisotopic (exact) mass is 254 g/mol. The Bertz CT molecular complexity index is 458. The van der Waals surface area contributed by atoms with Crippen LogP contribution in [-0.4, -0.2) is 49.8 Å². The molecule has 0 radical (unpaired) electrons. The van der Waals surface area contributed by atoms with Crippen molar-refractivity contribution in [2.45, 2.75) is 25.5 Å². The molecule has 1 atom stereocenters. The van der Waals surface area contributed by atoms with Gasteiger partial charge in [0, 0.05) is 13.1 Å². The molecule has 0 aromatic carbocycles. The minimum atomic E-state index is -0.606. The van der Waals surface area contributed by atoms with Gasteiger partial charge in [0.05, 0.1) is 23.5 Å². The second-order valence-corrected chi connectivity index (χ2v) is 4.26. The van der Waals surface area contributed by atoms with Gasteiger partial charge in [-0.15, -0.1) is 0 Å². The Morgan fingerprint density at radius 2 is 2.44 bits per heavy atom. The smallest absolute Gasteiger partial charge is 0.389 e. The molecule has 8 nitrogen and oxygen atoms in total. The minimum absolute atomic E-state index is 0.0411. The van der Waals surface area contributed by atoms with E-state index in [1.807, 2.05) is 0 Å². The van der Waals surface area contributed by atoms with E-state index in [2.05, 4.69) is 5.10 Å². The average Bonchev–Trinajstić information content (AvgIpc) is 2.77. The van der Waals surface area contributed by atoms with E-state index in [0.29, 0.717) is 19.5 Å². The summed E-state index contributed by atoms with van der Waals surface area (Å²) in [4.78, 5) is 23.3. The van der Waals surface area contributed by atoms with Crippen LogP contribution in [0, 0.1) is 10.1 Å². The van der Waals surface area contributed by atoms with Crippen LogP contribution in [-0.2, 0) is 11.3 Å². The van der Waals surface area contributed by atoms with Crippen molar-refractivity contribution >= 4 is 11.7 Å². The normalized spacial score (nSPS) is 19.8. The molecule has 1 amide bonds. The summed E-state index contributed by atoms with van der Waals surface area (Å²) in [7, 11) is 0. The Labute approximate surface area is 103 Å². The van der Waals surface area contributed by atoms with Gasteiger partial charge in [0.1, 0.15) is 6.54 Å². The molecule has 1 N–H and O–H groups in total. The third kappa shape index (κ3) is 2.83. The Hall–Kier alpha value is -1.96. The van der Waals surface area contributed by atoms with E-state index in [-0.39, 0.29) is 18.3 Å². The number of aromatic nitrogens is 2. The number of hydrogen-bond donors (Lipinski definition) is 1. The number of nitrogens with zero attached hydrogens (tertiary/aromatic N) is 4. The van der Waals surface area contributed by atoms with Crippen LogP contribution >= 0.6 is 0 Å². The molecular formula is C10H14N4O4. The quantitative estimate of drug-likeness (QED) is 0.593. The lowest BCUT2D eigenvalue weighted by molar-refractivity contribution is -0.389. The van der Waals surface area contributed by atoms with Crippen molar-refractivity contribution in [3.8, 4) is 0 Å². The van der Waals surface area contributed by atoms with Crippen molar-refractivity contribution in [3.05, 3.63) is 22.4 Å². The Balaban J connectivity index is 1.95. The molecule has 1 saturated heterocycles. The largest absolute Gasteiger partial charge is 0.391 e. The fraction of sp³-hybridized carbons (Fsp3) is 0.600. The zero-order valence-corrected chi connectivity index (χ0v) is 9.73. The van der Waals surface area contributed by atoms with Crippen LogP contribution < -0.4 is 0 Å². The summed E-state index contributed by atoms with van der Waals surface area (Å²) in [5.74, 6) is -0.465. The van der Waals surface area contributed by atoms with Gasteiger partial charge in [0.25, 0.3) is 0 Å². The third-order valence-corrected chi connectivity index (χ3v) is 2.86. The number of aliphatic hydroxyl groups excluding tert-OH is 1. The molecule has 1 fully saturated rings. The topological polar surface area (TPSA) is 102 Å². The maximum atomic E-state index is 11.9. The van der Waals surface area contributed by atoms with Crippen LogP contribution in [0.1, 0.15) is 12.8 Å². The number of piperidine rings is 1. The molecule has 1 aromatic rings. The van der Waals surface area contributed by atoms with Crippen LogP contribution in [0.4, 0.5) is 5.82 Å². The summed E-state index contributed by atoms with van der Waals surface area (Å²) >= 11 is 0. The van der Waals surface area contributed by atoms with Gasteiger partial charge in [-0.3, -0.25) is 4.79 Å². The summed E-state index contributed by atoms with van der Waals surface area (Å²) in [5.41, 5.74) is 0. The van der Waals surface area contributed by atoms with Crippen molar-refractivity contribution < 1.29 is 14.8 Å². The van der Waals surface area contributed by atoms with E-state index in [9.17, 15) is 20.0 Å². The van der Waals surface area contributed by atoms with Crippen LogP contribution in [0.25, 0.3) is 0 Å². The summed E-state index contributed by atoms with van der Waals surface area (Å²) < 4.78 is 1.24. The van der Waals surface area contributed by atoms with E-state index in [1.54, 1.807) is 4.90 Å². The highest BCUT2D eigenvalue weighted by Crippen LogP contribution is 2.11. The molecule has 1 aliphatic heterocycles. The van der Waals surface area contributed by atoms with Crippen LogP contribution in [0.15, 0.2) is 12.3 Å². The molecule has 0 bridgehead atoms. The van der Waals surface area contributed by atoms with Crippen LogP contribution in [0.5, 0.6) is 0 Å². The molecule has 1 aliphatic rings. The highest BCUT2D eigenvalue weighted by atomic mass is 16.6. The van der Waals surface area contributed by atoms with Crippen molar-refractivity contribution in [3.63, 3.8) is 0 Å². The van der Waals surface area contributed by atoms with E-state index in [0.717, 1.165) is 6.42 Å². The predicted octanol–water partition coefficient (Wildman–Crippen LogP) is -0.225. The molecule has 0 unspecified atom stereocenters. The van der Waals surface area contributed by atoms with Crippen molar-refractivity contribution in [2.24, 2.45) is 0 Å². The number of carbonyl (C=O) groups excluding carboxylic acids is 1. The van der Waals surface area contributed by atoms with E-state index < -0.39 is 11.0 Å². The summed E-state index contributed by atoms with van der Waals surface area (Å²) in [6.45, 7) is 0.891. The average molecular weight is 254 g/mol. The number of aliphatic hydroxyl groups is 1.